The molecule has 25 heavy (non-hydrogen) atoms. The molecule has 0 aliphatic carbocycles. The normalized spacial score (nSPS) is 14.8. The van der Waals surface area contributed by atoms with Gasteiger partial charge in [-0.25, -0.2) is 0 Å². The van der Waals surface area contributed by atoms with E-state index >= 15 is 0 Å². The van der Waals surface area contributed by atoms with Crippen LogP contribution in [0.4, 0.5) is 0 Å². The van der Waals surface area contributed by atoms with Gasteiger partial charge in [0.1, 0.15) is 18.3 Å². The van der Waals surface area contributed by atoms with Crippen LogP contribution in [-0.2, 0) is 14.3 Å². The molecule has 0 saturated heterocycles. The fourth-order valence-corrected chi connectivity index (χ4v) is 2.40. The van der Waals surface area contributed by atoms with Crippen LogP contribution in [0.2, 0.25) is 0 Å². The molecule has 7 nitrogen and oxygen atoms in total. The van der Waals surface area contributed by atoms with Crippen LogP contribution in [0.25, 0.3) is 0 Å². The van der Waals surface area contributed by atoms with E-state index < -0.39 is 43.3 Å². The van der Waals surface area contributed by atoms with Crippen LogP contribution in [0.15, 0.2) is 0 Å². The average molecular weight is 362 g/mol. The summed E-state index contributed by atoms with van der Waals surface area (Å²) < 4.78 is 4.76. The molecule has 148 valence electrons. The van der Waals surface area contributed by atoms with Crippen molar-refractivity contribution in [3.05, 3.63) is 0 Å². The van der Waals surface area contributed by atoms with Gasteiger partial charge < -0.3 is 25.2 Å². The first-order chi connectivity index (χ1) is 11.9. The molecular formula is C18H34O7. The Labute approximate surface area is 150 Å². The van der Waals surface area contributed by atoms with E-state index in [1.807, 2.05) is 0 Å². The highest BCUT2D eigenvalue weighted by Gasteiger charge is 2.30. The fraction of sp³-hybridized carbons (Fsp3) is 0.889. The van der Waals surface area contributed by atoms with Gasteiger partial charge in [0.05, 0.1) is 6.61 Å². The Morgan fingerprint density at radius 1 is 0.880 bits per heavy atom. The molecule has 0 heterocycles. The van der Waals surface area contributed by atoms with E-state index in [0.717, 1.165) is 19.3 Å². The third-order valence-corrected chi connectivity index (χ3v) is 4.09. The van der Waals surface area contributed by atoms with Crippen molar-refractivity contribution in [1.82, 2.24) is 0 Å². The number of rotatable bonds is 16. The Morgan fingerprint density at radius 2 is 1.40 bits per heavy atom. The Balaban J connectivity index is 3.68. The van der Waals surface area contributed by atoms with Crippen molar-refractivity contribution in [3.63, 3.8) is 0 Å². The second-order valence-electron chi connectivity index (χ2n) is 6.39. The zero-order valence-electron chi connectivity index (χ0n) is 15.2. The second kappa shape index (κ2) is 15.3. The molecule has 0 fully saturated rings. The summed E-state index contributed by atoms with van der Waals surface area (Å²) in [5, 5.41) is 36.7. The van der Waals surface area contributed by atoms with Crippen LogP contribution in [0.3, 0.4) is 0 Å². The SMILES string of the molecule is CCCCCCCCCCCC(=O)OCC(=O)[C@H](O)[C@@H](O)[C@H](O)CO. The van der Waals surface area contributed by atoms with Crippen molar-refractivity contribution in [2.75, 3.05) is 13.2 Å². The molecule has 0 radical (unpaired) electrons. The third kappa shape index (κ3) is 12.0. The predicted molar refractivity (Wildman–Crippen MR) is 92.9 cm³/mol. The number of Topliss-reactive ketones (excluding diaryl/α,β-unsaturated/α-hetero) is 1. The first-order valence-electron chi connectivity index (χ1n) is 9.27. The number of aliphatic hydroxyl groups is 4. The van der Waals surface area contributed by atoms with E-state index in [1.165, 1.54) is 32.1 Å². The van der Waals surface area contributed by atoms with Gasteiger partial charge in [-0.05, 0) is 6.42 Å². The van der Waals surface area contributed by atoms with E-state index in [2.05, 4.69) is 6.92 Å². The molecule has 0 aromatic rings. The van der Waals surface area contributed by atoms with Crippen LogP contribution < -0.4 is 0 Å². The van der Waals surface area contributed by atoms with E-state index in [0.29, 0.717) is 6.42 Å². The minimum Gasteiger partial charge on any atom is -0.458 e. The molecule has 0 unspecified atom stereocenters. The number of esters is 1. The first kappa shape index (κ1) is 24.0. The van der Waals surface area contributed by atoms with Crippen molar-refractivity contribution < 1.29 is 34.8 Å². The number of unbranched alkanes of at least 4 members (excludes halogenated alkanes) is 8. The Morgan fingerprint density at radius 3 is 1.92 bits per heavy atom. The lowest BCUT2D eigenvalue weighted by atomic mass is 10.1. The molecule has 7 heteroatoms. The first-order valence-corrected chi connectivity index (χ1v) is 9.27. The summed E-state index contributed by atoms with van der Waals surface area (Å²) in [6.07, 6.45) is 5.02. The van der Waals surface area contributed by atoms with E-state index in [1.54, 1.807) is 0 Å². The van der Waals surface area contributed by atoms with E-state index in [4.69, 9.17) is 14.9 Å². The summed E-state index contributed by atoms with van der Waals surface area (Å²) in [6.45, 7) is 0.741. The van der Waals surface area contributed by atoms with Gasteiger partial charge in [0.25, 0.3) is 0 Å². The fourth-order valence-electron chi connectivity index (χ4n) is 2.40. The van der Waals surface area contributed by atoms with Gasteiger partial charge in [0, 0.05) is 6.42 Å². The summed E-state index contributed by atoms with van der Waals surface area (Å²) in [5.74, 6) is -1.44. The summed E-state index contributed by atoms with van der Waals surface area (Å²) in [6, 6.07) is 0. The maximum atomic E-state index is 11.6. The molecule has 0 bridgehead atoms. The van der Waals surface area contributed by atoms with Gasteiger partial charge in [-0.2, -0.15) is 0 Å². The van der Waals surface area contributed by atoms with Gasteiger partial charge in [0.15, 0.2) is 6.61 Å². The molecule has 0 aliphatic rings. The Hall–Kier alpha value is -1.02. The maximum absolute atomic E-state index is 11.6. The minimum atomic E-state index is -1.90. The number of carbonyl (C=O) groups excluding carboxylic acids is 2. The average Bonchev–Trinajstić information content (AvgIpc) is 2.62. The van der Waals surface area contributed by atoms with E-state index in [9.17, 15) is 19.8 Å². The molecule has 4 N–H and O–H groups in total. The van der Waals surface area contributed by atoms with Crippen molar-refractivity contribution in [2.24, 2.45) is 0 Å². The van der Waals surface area contributed by atoms with Crippen LogP contribution in [-0.4, -0.2) is 63.7 Å². The molecule has 3 atom stereocenters. The predicted octanol–water partition coefficient (Wildman–Crippen LogP) is 1.09. The molecule has 0 aromatic carbocycles. The zero-order valence-corrected chi connectivity index (χ0v) is 15.2. The Kier molecular flexibility index (Phi) is 14.6. The van der Waals surface area contributed by atoms with Crippen LogP contribution in [0.1, 0.15) is 71.1 Å². The molecule has 0 rings (SSSR count). The largest absolute Gasteiger partial charge is 0.458 e. The monoisotopic (exact) mass is 362 g/mol. The summed E-state index contributed by atoms with van der Waals surface area (Å²) in [7, 11) is 0. The molecule has 0 amide bonds. The highest BCUT2D eigenvalue weighted by atomic mass is 16.5. The zero-order chi connectivity index (χ0) is 19.1. The van der Waals surface area contributed by atoms with Gasteiger partial charge in [-0.1, -0.05) is 58.3 Å². The number of aliphatic hydroxyl groups excluding tert-OH is 4. The number of ether oxygens (including phenoxy) is 1. The maximum Gasteiger partial charge on any atom is 0.306 e. The smallest absolute Gasteiger partial charge is 0.306 e. The number of hydrogen-bond donors (Lipinski definition) is 4. The van der Waals surface area contributed by atoms with Crippen molar-refractivity contribution in [3.8, 4) is 0 Å². The minimum absolute atomic E-state index is 0.209. The third-order valence-electron chi connectivity index (χ3n) is 4.09. The molecule has 0 aromatic heterocycles. The lowest BCUT2D eigenvalue weighted by molar-refractivity contribution is -0.155. The van der Waals surface area contributed by atoms with Crippen molar-refractivity contribution >= 4 is 11.8 Å². The summed E-state index contributed by atoms with van der Waals surface area (Å²) in [5.41, 5.74) is 0. The number of ketones is 1. The van der Waals surface area contributed by atoms with Crippen molar-refractivity contribution in [2.45, 2.75) is 89.4 Å². The van der Waals surface area contributed by atoms with Gasteiger partial charge in [-0.15, -0.1) is 0 Å². The quantitative estimate of drug-likeness (QED) is 0.239. The topological polar surface area (TPSA) is 124 Å². The summed E-state index contributed by atoms with van der Waals surface area (Å²) in [4.78, 5) is 23.1. The summed E-state index contributed by atoms with van der Waals surface area (Å²) >= 11 is 0. The van der Waals surface area contributed by atoms with Gasteiger partial charge in [-0.3, -0.25) is 9.59 Å². The van der Waals surface area contributed by atoms with Crippen LogP contribution >= 0.6 is 0 Å². The number of carbonyl (C=O) groups is 2. The highest BCUT2D eigenvalue weighted by Crippen LogP contribution is 2.11. The standard InChI is InChI=1S/C18H34O7/c1-2-3-4-5-6-7-8-9-10-11-16(22)25-13-15(21)18(24)17(23)14(20)12-19/h14,17-20,23-24H,2-13H2,1H3/t14-,17+,18+/m1/s1. The van der Waals surface area contributed by atoms with Crippen LogP contribution in [0.5, 0.6) is 0 Å². The van der Waals surface area contributed by atoms with Crippen molar-refractivity contribution in [1.29, 1.82) is 0 Å². The molecular weight excluding hydrogens is 328 g/mol. The molecule has 0 spiro atoms. The van der Waals surface area contributed by atoms with E-state index in [-0.39, 0.29) is 6.42 Å². The molecule has 0 aliphatic heterocycles. The lowest BCUT2D eigenvalue weighted by Gasteiger charge is -2.20. The Bertz CT molecular complexity index is 359. The van der Waals surface area contributed by atoms with Crippen LogP contribution in [0, 0.1) is 0 Å². The van der Waals surface area contributed by atoms with Gasteiger partial charge >= 0.3 is 5.97 Å². The van der Waals surface area contributed by atoms with Gasteiger partial charge in [0.2, 0.25) is 5.78 Å². The lowest BCUT2D eigenvalue weighted by Crippen LogP contribution is -2.45. The highest BCUT2D eigenvalue weighted by molar-refractivity contribution is 5.86. The second-order valence-corrected chi connectivity index (χ2v) is 6.39. The molecule has 0 saturated carbocycles. The number of hydrogen-bond acceptors (Lipinski definition) is 7.